The van der Waals surface area contributed by atoms with Gasteiger partial charge in [0, 0.05) is 30.2 Å². The Bertz CT molecular complexity index is 1250. The van der Waals surface area contributed by atoms with E-state index in [1.54, 1.807) is 36.5 Å². The van der Waals surface area contributed by atoms with Crippen molar-refractivity contribution in [3.63, 3.8) is 0 Å². The lowest BCUT2D eigenvalue weighted by atomic mass is 9.91. The van der Waals surface area contributed by atoms with Gasteiger partial charge in [0.05, 0.1) is 5.69 Å². The van der Waals surface area contributed by atoms with Crippen molar-refractivity contribution in [1.82, 2.24) is 15.5 Å². The van der Waals surface area contributed by atoms with Crippen molar-refractivity contribution in [1.29, 1.82) is 0 Å². The Morgan fingerprint density at radius 1 is 0.862 bits per heavy atom. The smallest absolute Gasteiger partial charge is 0.133 e. The fraction of sp³-hybridized carbons (Fsp3) is 0.0833. The van der Waals surface area contributed by atoms with E-state index < -0.39 is 0 Å². The highest BCUT2D eigenvalue weighted by Crippen LogP contribution is 2.34. The lowest BCUT2D eigenvalue weighted by Gasteiger charge is -2.14. The van der Waals surface area contributed by atoms with Crippen molar-refractivity contribution in [3.05, 3.63) is 101 Å². The molecule has 0 fully saturated rings. The fourth-order valence-electron chi connectivity index (χ4n) is 3.83. The van der Waals surface area contributed by atoms with E-state index in [0.717, 1.165) is 27.6 Å². The molecule has 0 bridgehead atoms. The van der Waals surface area contributed by atoms with E-state index in [1.807, 2.05) is 30.3 Å². The molecule has 5 rings (SSSR count). The van der Waals surface area contributed by atoms with Crippen molar-refractivity contribution in [2.24, 2.45) is 0 Å². The van der Waals surface area contributed by atoms with Crippen LogP contribution in [0, 0.1) is 11.6 Å². The molecule has 2 heterocycles. The number of hydrogen-bond donors (Lipinski definition) is 1. The number of fused-ring (bicyclic) bond motifs is 2. The Balaban J connectivity index is 1.65. The van der Waals surface area contributed by atoms with E-state index in [2.05, 4.69) is 15.5 Å². The molecule has 0 amide bonds. The maximum absolute atomic E-state index is 15.0. The molecule has 1 aliphatic rings. The third-order valence-corrected chi connectivity index (χ3v) is 5.24. The summed E-state index contributed by atoms with van der Waals surface area (Å²) in [5, 5.41) is 12.6. The number of nitrogens with one attached hydrogen (secondary N) is 1. The summed E-state index contributed by atoms with van der Waals surface area (Å²) in [5.41, 5.74) is 4.61. The monoisotopic (exact) mass is 385 g/mol. The number of aromatic nitrogens is 2. The minimum Gasteiger partial charge on any atom is -0.309 e. The predicted octanol–water partition coefficient (Wildman–Crippen LogP) is 5.11. The lowest BCUT2D eigenvalue weighted by molar-refractivity contribution is 0.628. The summed E-state index contributed by atoms with van der Waals surface area (Å²) in [4.78, 5) is 0. The summed E-state index contributed by atoms with van der Waals surface area (Å²) in [6.45, 7) is 1.28. The highest BCUT2D eigenvalue weighted by Gasteiger charge is 2.18. The Morgan fingerprint density at radius 2 is 1.79 bits per heavy atom. The van der Waals surface area contributed by atoms with Crippen LogP contribution in [-0.4, -0.2) is 16.7 Å². The largest absolute Gasteiger partial charge is 0.309 e. The maximum Gasteiger partial charge on any atom is 0.133 e. The van der Waals surface area contributed by atoms with Gasteiger partial charge in [-0.3, -0.25) is 0 Å². The molecule has 0 radical (unpaired) electrons. The van der Waals surface area contributed by atoms with Gasteiger partial charge in [0.1, 0.15) is 11.6 Å². The summed E-state index contributed by atoms with van der Waals surface area (Å²) in [7, 11) is 0. The normalized spacial score (nSPS) is 13.7. The van der Waals surface area contributed by atoms with Crippen molar-refractivity contribution >= 4 is 16.3 Å². The molecular weight excluding hydrogens is 368 g/mol. The summed E-state index contributed by atoms with van der Waals surface area (Å²) in [6.07, 6.45) is 3.61. The molecule has 0 aliphatic carbocycles. The second-order valence-corrected chi connectivity index (χ2v) is 7.02. The van der Waals surface area contributed by atoms with Crippen molar-refractivity contribution in [2.45, 2.75) is 6.54 Å². The molecule has 4 aromatic rings. The van der Waals surface area contributed by atoms with Gasteiger partial charge >= 0.3 is 0 Å². The average Bonchev–Trinajstić information content (AvgIpc) is 2.96. The summed E-state index contributed by atoms with van der Waals surface area (Å²) in [5.74, 6) is -0.588. The molecule has 1 aliphatic heterocycles. The van der Waals surface area contributed by atoms with Gasteiger partial charge in [-0.1, -0.05) is 30.3 Å². The van der Waals surface area contributed by atoms with Crippen LogP contribution >= 0.6 is 0 Å². The van der Waals surface area contributed by atoms with Crippen LogP contribution in [0.25, 0.3) is 27.6 Å². The van der Waals surface area contributed by atoms with Gasteiger partial charge < -0.3 is 5.32 Å². The number of rotatable bonds is 2. The van der Waals surface area contributed by atoms with E-state index in [4.69, 9.17) is 0 Å². The van der Waals surface area contributed by atoms with Crippen LogP contribution in [0.1, 0.15) is 16.7 Å². The van der Waals surface area contributed by atoms with E-state index in [0.29, 0.717) is 29.7 Å². The molecule has 142 valence electrons. The Labute approximate surface area is 166 Å². The SMILES string of the molecule is Fc1cc2c(cc1-c1cccnn1)CNCC=C2c1ccc2c(F)cccc2c1. The lowest BCUT2D eigenvalue weighted by Crippen LogP contribution is -2.11. The molecule has 1 N–H and O–H groups in total. The molecule has 5 heteroatoms. The summed E-state index contributed by atoms with van der Waals surface area (Å²) >= 11 is 0. The zero-order chi connectivity index (χ0) is 19.8. The fourth-order valence-corrected chi connectivity index (χ4v) is 3.83. The Kier molecular flexibility index (Phi) is 4.37. The molecule has 1 aromatic heterocycles. The van der Waals surface area contributed by atoms with Crippen molar-refractivity contribution in [2.75, 3.05) is 6.54 Å². The molecule has 0 unspecified atom stereocenters. The minimum atomic E-state index is -0.344. The highest BCUT2D eigenvalue weighted by molar-refractivity contribution is 5.91. The second kappa shape index (κ2) is 7.18. The third-order valence-electron chi connectivity index (χ3n) is 5.24. The Morgan fingerprint density at radius 3 is 2.66 bits per heavy atom. The summed E-state index contributed by atoms with van der Waals surface area (Å²) in [6, 6.07) is 17.5. The Hall–Kier alpha value is -3.44. The van der Waals surface area contributed by atoms with Crippen LogP contribution in [0.5, 0.6) is 0 Å². The predicted molar refractivity (Wildman–Crippen MR) is 110 cm³/mol. The number of nitrogens with zero attached hydrogens (tertiary/aromatic N) is 2. The molecule has 29 heavy (non-hydrogen) atoms. The van der Waals surface area contributed by atoms with Crippen molar-refractivity contribution < 1.29 is 8.78 Å². The molecule has 0 spiro atoms. The van der Waals surface area contributed by atoms with Crippen LogP contribution in [0.2, 0.25) is 0 Å². The molecule has 3 nitrogen and oxygen atoms in total. The summed E-state index contributed by atoms with van der Waals surface area (Å²) < 4.78 is 29.1. The average molecular weight is 385 g/mol. The van der Waals surface area contributed by atoms with Gasteiger partial charge in [-0.2, -0.15) is 10.2 Å². The van der Waals surface area contributed by atoms with Crippen molar-refractivity contribution in [3.8, 4) is 11.3 Å². The quantitative estimate of drug-likeness (QED) is 0.521. The molecule has 0 saturated carbocycles. The van der Waals surface area contributed by atoms with Gasteiger partial charge in [0.25, 0.3) is 0 Å². The zero-order valence-corrected chi connectivity index (χ0v) is 15.5. The molecule has 3 aromatic carbocycles. The number of benzene rings is 3. The second-order valence-electron chi connectivity index (χ2n) is 7.02. The van der Waals surface area contributed by atoms with E-state index in [1.165, 1.54) is 6.07 Å². The number of hydrogen-bond acceptors (Lipinski definition) is 3. The van der Waals surface area contributed by atoms with Crippen LogP contribution in [0.15, 0.2) is 72.9 Å². The highest BCUT2D eigenvalue weighted by atomic mass is 19.1. The number of halogens is 2. The third kappa shape index (κ3) is 3.19. The maximum atomic E-state index is 15.0. The molecular formula is C24H17F2N3. The van der Waals surface area contributed by atoms with Gasteiger partial charge in [-0.05, 0) is 64.0 Å². The standard InChI is InChI=1S/C24H17F2N3/c25-22-4-1-3-15-11-16(6-7-19(15)22)18-8-10-27-14-17-12-21(23(26)13-20(17)18)24-5-2-9-28-29-24/h1-9,11-13,27H,10,14H2. The molecule has 0 atom stereocenters. The van der Waals surface area contributed by atoms with Gasteiger partial charge in [-0.25, -0.2) is 8.78 Å². The van der Waals surface area contributed by atoms with Crippen LogP contribution in [0.3, 0.4) is 0 Å². The van der Waals surface area contributed by atoms with E-state index in [9.17, 15) is 4.39 Å². The van der Waals surface area contributed by atoms with Gasteiger partial charge in [0.2, 0.25) is 0 Å². The minimum absolute atomic E-state index is 0.245. The van der Waals surface area contributed by atoms with Crippen LogP contribution < -0.4 is 5.32 Å². The first-order valence-corrected chi connectivity index (χ1v) is 9.41. The van der Waals surface area contributed by atoms with Crippen LogP contribution in [-0.2, 0) is 6.54 Å². The first-order chi connectivity index (χ1) is 14.2. The molecule has 0 saturated heterocycles. The van der Waals surface area contributed by atoms with E-state index >= 15 is 4.39 Å². The zero-order valence-electron chi connectivity index (χ0n) is 15.5. The van der Waals surface area contributed by atoms with Gasteiger partial charge in [-0.15, -0.1) is 0 Å². The first-order valence-electron chi connectivity index (χ1n) is 9.41. The van der Waals surface area contributed by atoms with E-state index in [-0.39, 0.29) is 11.6 Å². The van der Waals surface area contributed by atoms with Crippen LogP contribution in [0.4, 0.5) is 8.78 Å². The van der Waals surface area contributed by atoms with Gasteiger partial charge in [0.15, 0.2) is 0 Å². The first kappa shape index (κ1) is 17.6. The topological polar surface area (TPSA) is 37.8 Å².